The number of amides is 1. The number of nitrogens with zero attached hydrogens (tertiary/aromatic N) is 1. The molecule has 0 spiro atoms. The molecule has 5 heteroatoms. The first-order valence-corrected chi connectivity index (χ1v) is 9.88. The standard InChI is InChI=1S/C19H32N2O2.ClH/c20-18-14-3-1-4-15(18)12-16(11-14)19(22)21-8-2-5-17(21)13-6-9-23-10-7-13;/h13-18H,1-12,20H2;1H. The van der Waals surface area contributed by atoms with Crippen molar-refractivity contribution in [2.45, 2.75) is 69.9 Å². The number of fused-ring (bicyclic) bond motifs is 2. The predicted molar refractivity (Wildman–Crippen MR) is 97.1 cm³/mol. The molecule has 138 valence electrons. The van der Waals surface area contributed by atoms with E-state index in [1.165, 1.54) is 32.1 Å². The second-order valence-corrected chi connectivity index (χ2v) is 8.39. The first-order valence-electron chi connectivity index (χ1n) is 9.88. The van der Waals surface area contributed by atoms with Gasteiger partial charge in [-0.1, -0.05) is 6.42 Å². The van der Waals surface area contributed by atoms with E-state index in [9.17, 15) is 4.79 Å². The summed E-state index contributed by atoms with van der Waals surface area (Å²) in [6.45, 7) is 2.75. The highest BCUT2D eigenvalue weighted by Crippen LogP contribution is 2.43. The van der Waals surface area contributed by atoms with Crippen LogP contribution < -0.4 is 5.73 Å². The molecule has 4 fully saturated rings. The zero-order chi connectivity index (χ0) is 15.8. The van der Waals surface area contributed by atoms with E-state index in [1.54, 1.807) is 0 Å². The van der Waals surface area contributed by atoms with Crippen molar-refractivity contribution in [1.29, 1.82) is 0 Å². The van der Waals surface area contributed by atoms with Crippen LogP contribution in [0.5, 0.6) is 0 Å². The summed E-state index contributed by atoms with van der Waals surface area (Å²) < 4.78 is 5.52. The van der Waals surface area contributed by atoms with E-state index in [2.05, 4.69) is 4.90 Å². The van der Waals surface area contributed by atoms with Gasteiger partial charge in [0, 0.05) is 37.8 Å². The molecule has 4 nitrogen and oxygen atoms in total. The average molecular weight is 357 g/mol. The summed E-state index contributed by atoms with van der Waals surface area (Å²) >= 11 is 0. The number of carbonyl (C=O) groups excluding carboxylic acids is 1. The molecule has 4 rings (SSSR count). The summed E-state index contributed by atoms with van der Waals surface area (Å²) in [6, 6.07) is 0.847. The van der Waals surface area contributed by atoms with E-state index in [1.807, 2.05) is 0 Å². The summed E-state index contributed by atoms with van der Waals surface area (Å²) in [5.74, 6) is 2.58. The largest absolute Gasteiger partial charge is 0.381 e. The predicted octanol–water partition coefficient (Wildman–Crippen LogP) is 2.98. The van der Waals surface area contributed by atoms with Crippen LogP contribution in [0.15, 0.2) is 0 Å². The number of likely N-dealkylation sites (tertiary alicyclic amines) is 1. The molecule has 1 amide bonds. The van der Waals surface area contributed by atoms with Crippen molar-refractivity contribution in [3.63, 3.8) is 0 Å². The van der Waals surface area contributed by atoms with Crippen molar-refractivity contribution in [1.82, 2.24) is 4.90 Å². The number of hydrogen-bond donors (Lipinski definition) is 1. The van der Waals surface area contributed by atoms with Gasteiger partial charge in [-0.25, -0.2) is 0 Å². The Kier molecular flexibility index (Phi) is 6.10. The van der Waals surface area contributed by atoms with Gasteiger partial charge in [0.2, 0.25) is 5.91 Å². The normalized spacial score (nSPS) is 40.2. The van der Waals surface area contributed by atoms with Gasteiger partial charge in [-0.2, -0.15) is 0 Å². The monoisotopic (exact) mass is 356 g/mol. The minimum atomic E-state index is 0. The van der Waals surface area contributed by atoms with Crippen LogP contribution in [0.25, 0.3) is 0 Å². The maximum atomic E-state index is 13.2. The molecule has 4 aliphatic rings. The van der Waals surface area contributed by atoms with Gasteiger partial charge in [0.15, 0.2) is 0 Å². The molecule has 2 aliphatic heterocycles. The molecule has 2 heterocycles. The van der Waals surface area contributed by atoms with Crippen molar-refractivity contribution in [2.75, 3.05) is 19.8 Å². The quantitative estimate of drug-likeness (QED) is 0.827. The van der Waals surface area contributed by atoms with E-state index in [-0.39, 0.29) is 18.3 Å². The van der Waals surface area contributed by atoms with Gasteiger partial charge in [-0.3, -0.25) is 4.79 Å². The third kappa shape index (κ3) is 3.47. The number of hydrogen-bond acceptors (Lipinski definition) is 3. The molecule has 3 atom stereocenters. The van der Waals surface area contributed by atoms with Gasteiger partial charge in [-0.15, -0.1) is 12.4 Å². The van der Waals surface area contributed by atoms with Crippen LogP contribution >= 0.6 is 12.4 Å². The Labute approximate surface area is 152 Å². The molecule has 2 saturated carbocycles. The lowest BCUT2D eigenvalue weighted by atomic mass is 9.65. The third-order valence-corrected chi connectivity index (χ3v) is 7.15. The summed E-state index contributed by atoms with van der Waals surface area (Å²) in [4.78, 5) is 15.5. The fourth-order valence-corrected chi connectivity index (χ4v) is 5.88. The highest BCUT2D eigenvalue weighted by molar-refractivity contribution is 5.85. The van der Waals surface area contributed by atoms with E-state index in [0.29, 0.717) is 35.7 Å². The van der Waals surface area contributed by atoms with Gasteiger partial charge in [0.05, 0.1) is 0 Å². The average Bonchev–Trinajstić information content (AvgIpc) is 3.04. The van der Waals surface area contributed by atoms with Crippen molar-refractivity contribution in [3.05, 3.63) is 0 Å². The van der Waals surface area contributed by atoms with Gasteiger partial charge in [-0.05, 0) is 69.1 Å². The molecule has 0 aromatic rings. The van der Waals surface area contributed by atoms with E-state index in [4.69, 9.17) is 10.5 Å². The molecule has 2 saturated heterocycles. The number of rotatable bonds is 2. The fourth-order valence-electron chi connectivity index (χ4n) is 5.88. The summed E-state index contributed by atoms with van der Waals surface area (Å²) in [7, 11) is 0. The fraction of sp³-hybridized carbons (Fsp3) is 0.947. The van der Waals surface area contributed by atoms with Crippen molar-refractivity contribution < 1.29 is 9.53 Å². The van der Waals surface area contributed by atoms with Crippen LogP contribution in [0.1, 0.15) is 57.8 Å². The number of nitrogens with two attached hydrogens (primary N) is 1. The zero-order valence-electron chi connectivity index (χ0n) is 14.7. The molecule has 24 heavy (non-hydrogen) atoms. The van der Waals surface area contributed by atoms with E-state index in [0.717, 1.165) is 45.4 Å². The maximum Gasteiger partial charge on any atom is 0.225 e. The van der Waals surface area contributed by atoms with Crippen LogP contribution in [-0.2, 0) is 9.53 Å². The Bertz CT molecular complexity index is 427. The van der Waals surface area contributed by atoms with Gasteiger partial charge in [0.25, 0.3) is 0 Å². The Morgan fingerprint density at radius 3 is 2.25 bits per heavy atom. The second kappa shape index (κ2) is 7.92. The minimum Gasteiger partial charge on any atom is -0.381 e. The molecular weight excluding hydrogens is 324 g/mol. The summed E-state index contributed by atoms with van der Waals surface area (Å²) in [5.41, 5.74) is 6.41. The number of halogens is 1. The lowest BCUT2D eigenvalue weighted by Gasteiger charge is -2.45. The Hall–Kier alpha value is -0.320. The highest BCUT2D eigenvalue weighted by atomic mass is 35.5. The van der Waals surface area contributed by atoms with Crippen LogP contribution in [0.4, 0.5) is 0 Å². The van der Waals surface area contributed by atoms with Crippen molar-refractivity contribution >= 4 is 18.3 Å². The molecule has 0 radical (unpaired) electrons. The Morgan fingerprint density at radius 2 is 1.58 bits per heavy atom. The molecule has 3 unspecified atom stereocenters. The minimum absolute atomic E-state index is 0. The first-order chi connectivity index (χ1) is 11.2. The third-order valence-electron chi connectivity index (χ3n) is 7.15. The number of carbonyl (C=O) groups is 1. The molecular formula is C19H33ClN2O2. The molecule has 0 aromatic heterocycles. The summed E-state index contributed by atoms with van der Waals surface area (Å²) in [6.07, 6.45) is 10.6. The van der Waals surface area contributed by atoms with Crippen LogP contribution in [0.3, 0.4) is 0 Å². The molecule has 2 aliphatic carbocycles. The van der Waals surface area contributed by atoms with Crippen LogP contribution in [-0.4, -0.2) is 42.6 Å². The molecule has 2 bridgehead atoms. The van der Waals surface area contributed by atoms with E-state index < -0.39 is 0 Å². The van der Waals surface area contributed by atoms with E-state index >= 15 is 0 Å². The SMILES string of the molecule is Cl.NC1C2CCCC1CC(C(=O)N1CCCC1C1CCOCC1)C2. The van der Waals surface area contributed by atoms with Gasteiger partial charge in [0.1, 0.15) is 0 Å². The topological polar surface area (TPSA) is 55.6 Å². The molecule has 0 aromatic carbocycles. The maximum absolute atomic E-state index is 13.2. The van der Waals surface area contributed by atoms with Crippen LogP contribution in [0.2, 0.25) is 0 Å². The highest BCUT2D eigenvalue weighted by Gasteiger charge is 2.44. The van der Waals surface area contributed by atoms with Gasteiger partial charge < -0.3 is 15.4 Å². The van der Waals surface area contributed by atoms with Crippen LogP contribution in [0, 0.1) is 23.7 Å². The van der Waals surface area contributed by atoms with Gasteiger partial charge >= 0.3 is 0 Å². The van der Waals surface area contributed by atoms with Crippen molar-refractivity contribution in [2.24, 2.45) is 29.4 Å². The second-order valence-electron chi connectivity index (χ2n) is 8.39. The molecule has 2 N–H and O–H groups in total. The first kappa shape index (κ1) is 18.5. The lowest BCUT2D eigenvalue weighted by molar-refractivity contribution is -0.141. The number of ether oxygens (including phenoxy) is 1. The zero-order valence-corrected chi connectivity index (χ0v) is 15.5. The lowest BCUT2D eigenvalue weighted by Crippen LogP contribution is -2.51. The Balaban J connectivity index is 0.00000169. The Morgan fingerprint density at radius 1 is 0.917 bits per heavy atom. The summed E-state index contributed by atoms with van der Waals surface area (Å²) in [5, 5.41) is 0. The smallest absolute Gasteiger partial charge is 0.225 e. The van der Waals surface area contributed by atoms with Crippen molar-refractivity contribution in [3.8, 4) is 0 Å².